The molecule has 2 aromatic carbocycles. The highest BCUT2D eigenvalue weighted by Gasteiger charge is 2.03. The zero-order valence-corrected chi connectivity index (χ0v) is 15.0. The summed E-state index contributed by atoms with van der Waals surface area (Å²) >= 11 is 6.03. The molecule has 0 amide bonds. The second kappa shape index (κ2) is 8.70. The van der Waals surface area contributed by atoms with Crippen molar-refractivity contribution in [2.45, 2.75) is 13.0 Å². The summed E-state index contributed by atoms with van der Waals surface area (Å²) in [4.78, 5) is 4.36. The number of anilines is 1. The summed E-state index contributed by atoms with van der Waals surface area (Å²) in [6.07, 6.45) is 2.83. The molecular formula is C20H22ClN3O. The van der Waals surface area contributed by atoms with Crippen LogP contribution in [0.2, 0.25) is 5.02 Å². The number of para-hydroxylation sites is 1. The number of hydrogen-bond donors (Lipinski definition) is 2. The zero-order valence-electron chi connectivity index (χ0n) is 14.3. The third kappa shape index (κ3) is 4.62. The molecule has 0 atom stereocenters. The Kier molecular flexibility index (Phi) is 6.09. The molecule has 0 aliphatic heterocycles. The van der Waals surface area contributed by atoms with Gasteiger partial charge in [-0.05, 0) is 43.3 Å². The Morgan fingerprint density at radius 1 is 1.08 bits per heavy atom. The maximum absolute atomic E-state index is 6.03. The molecule has 0 unspecified atom stereocenters. The van der Waals surface area contributed by atoms with Crippen molar-refractivity contribution in [3.05, 3.63) is 65.3 Å². The maximum Gasteiger partial charge on any atom is 0.123 e. The van der Waals surface area contributed by atoms with E-state index in [1.54, 1.807) is 13.3 Å². The van der Waals surface area contributed by atoms with Gasteiger partial charge in [0.1, 0.15) is 5.75 Å². The molecule has 0 spiro atoms. The summed E-state index contributed by atoms with van der Waals surface area (Å²) in [5.74, 6) is 0.926. The average molecular weight is 356 g/mol. The van der Waals surface area contributed by atoms with E-state index in [2.05, 4.69) is 21.7 Å². The number of pyridine rings is 1. The first-order chi connectivity index (χ1) is 12.3. The minimum atomic E-state index is 0.706. The first kappa shape index (κ1) is 17.5. The van der Waals surface area contributed by atoms with Gasteiger partial charge >= 0.3 is 0 Å². The van der Waals surface area contributed by atoms with E-state index in [4.69, 9.17) is 16.3 Å². The molecule has 1 aromatic heterocycles. The third-order valence-electron chi connectivity index (χ3n) is 4.06. The van der Waals surface area contributed by atoms with Crippen molar-refractivity contribution in [3.8, 4) is 5.75 Å². The molecule has 0 saturated heterocycles. The summed E-state index contributed by atoms with van der Waals surface area (Å²) in [6.45, 7) is 2.63. The Morgan fingerprint density at radius 2 is 1.96 bits per heavy atom. The first-order valence-electron chi connectivity index (χ1n) is 8.38. The number of hydrogen-bond acceptors (Lipinski definition) is 4. The lowest BCUT2D eigenvalue weighted by Gasteiger charge is -2.11. The van der Waals surface area contributed by atoms with E-state index in [1.165, 1.54) is 5.56 Å². The molecule has 25 heavy (non-hydrogen) atoms. The Bertz CT molecular complexity index is 838. The number of methoxy groups -OCH3 is 1. The van der Waals surface area contributed by atoms with Crippen LogP contribution in [0.1, 0.15) is 12.0 Å². The number of aromatic nitrogens is 1. The van der Waals surface area contributed by atoms with Crippen molar-refractivity contribution < 1.29 is 4.74 Å². The van der Waals surface area contributed by atoms with Gasteiger partial charge in [0.15, 0.2) is 0 Å². The summed E-state index contributed by atoms with van der Waals surface area (Å²) in [6, 6.07) is 15.9. The van der Waals surface area contributed by atoms with E-state index in [1.807, 2.05) is 42.5 Å². The second-order valence-electron chi connectivity index (χ2n) is 5.79. The van der Waals surface area contributed by atoms with Gasteiger partial charge in [-0.1, -0.05) is 29.8 Å². The molecule has 4 nitrogen and oxygen atoms in total. The summed E-state index contributed by atoms with van der Waals surface area (Å²) in [7, 11) is 1.70. The number of rotatable bonds is 8. The number of benzene rings is 2. The third-order valence-corrected chi connectivity index (χ3v) is 4.29. The average Bonchev–Trinajstić information content (AvgIpc) is 2.64. The highest BCUT2D eigenvalue weighted by molar-refractivity contribution is 6.31. The van der Waals surface area contributed by atoms with Gasteiger partial charge in [-0.2, -0.15) is 0 Å². The number of nitrogens with one attached hydrogen (secondary N) is 2. The fraction of sp³-hybridized carbons (Fsp3) is 0.250. The van der Waals surface area contributed by atoms with Gasteiger partial charge < -0.3 is 15.4 Å². The Hall–Kier alpha value is -2.30. The Morgan fingerprint density at radius 3 is 2.84 bits per heavy atom. The fourth-order valence-corrected chi connectivity index (χ4v) is 2.95. The van der Waals surface area contributed by atoms with Crippen molar-refractivity contribution in [2.75, 3.05) is 25.5 Å². The monoisotopic (exact) mass is 355 g/mol. The molecule has 0 fully saturated rings. The van der Waals surface area contributed by atoms with Crippen molar-refractivity contribution in [3.63, 3.8) is 0 Å². The SMILES string of the molecule is COc1ccccc1CNCCCNc1ccnc2cc(Cl)ccc12. The molecule has 0 aliphatic rings. The van der Waals surface area contributed by atoms with Gasteiger partial charge in [0, 0.05) is 40.9 Å². The smallest absolute Gasteiger partial charge is 0.123 e. The molecule has 0 bridgehead atoms. The molecule has 5 heteroatoms. The highest BCUT2D eigenvalue weighted by Crippen LogP contribution is 2.24. The standard InChI is InChI=1S/C20H22ClN3O/c1-25-20-6-3-2-5-15(20)14-22-10-4-11-23-18-9-12-24-19-13-16(21)7-8-17(18)19/h2-3,5-9,12-13,22H,4,10-11,14H2,1H3,(H,23,24). The van der Waals surface area contributed by atoms with Crippen LogP contribution in [0.25, 0.3) is 10.9 Å². The lowest BCUT2D eigenvalue weighted by atomic mass is 10.2. The van der Waals surface area contributed by atoms with Crippen LogP contribution in [0.3, 0.4) is 0 Å². The summed E-state index contributed by atoms with van der Waals surface area (Å²) in [5, 5.41) is 8.74. The predicted molar refractivity (Wildman–Crippen MR) is 105 cm³/mol. The van der Waals surface area contributed by atoms with Crippen LogP contribution < -0.4 is 15.4 Å². The van der Waals surface area contributed by atoms with Crippen LogP contribution in [-0.4, -0.2) is 25.2 Å². The number of halogens is 1. The second-order valence-corrected chi connectivity index (χ2v) is 6.23. The van der Waals surface area contributed by atoms with Gasteiger partial charge in [0.25, 0.3) is 0 Å². The molecule has 0 aliphatic carbocycles. The van der Waals surface area contributed by atoms with E-state index in [0.717, 1.165) is 48.4 Å². The fourth-order valence-electron chi connectivity index (χ4n) is 2.78. The van der Waals surface area contributed by atoms with E-state index >= 15 is 0 Å². The lowest BCUT2D eigenvalue weighted by Crippen LogP contribution is -2.18. The predicted octanol–water partition coefficient (Wildman–Crippen LogP) is 4.49. The van der Waals surface area contributed by atoms with Gasteiger partial charge in [-0.15, -0.1) is 0 Å². The van der Waals surface area contributed by atoms with Gasteiger partial charge in [-0.3, -0.25) is 4.98 Å². The van der Waals surface area contributed by atoms with E-state index in [9.17, 15) is 0 Å². The molecule has 0 saturated carbocycles. The topological polar surface area (TPSA) is 46.2 Å². The molecule has 130 valence electrons. The number of ether oxygens (including phenoxy) is 1. The van der Waals surface area contributed by atoms with E-state index in [0.29, 0.717) is 5.02 Å². The lowest BCUT2D eigenvalue weighted by molar-refractivity contribution is 0.407. The van der Waals surface area contributed by atoms with Crippen molar-refractivity contribution in [1.29, 1.82) is 0 Å². The Labute approximate surface area is 153 Å². The quantitative estimate of drug-likeness (QED) is 0.584. The highest BCUT2D eigenvalue weighted by atomic mass is 35.5. The molecule has 3 aromatic rings. The van der Waals surface area contributed by atoms with Crippen LogP contribution in [-0.2, 0) is 6.54 Å². The van der Waals surface area contributed by atoms with Crippen LogP contribution in [0, 0.1) is 0 Å². The summed E-state index contributed by atoms with van der Waals surface area (Å²) in [5.41, 5.74) is 3.17. The minimum Gasteiger partial charge on any atom is -0.496 e. The van der Waals surface area contributed by atoms with Gasteiger partial charge in [-0.25, -0.2) is 0 Å². The molecular weight excluding hydrogens is 334 g/mol. The minimum absolute atomic E-state index is 0.706. The molecule has 3 rings (SSSR count). The number of fused-ring (bicyclic) bond motifs is 1. The van der Waals surface area contributed by atoms with Crippen LogP contribution >= 0.6 is 11.6 Å². The molecule has 2 N–H and O–H groups in total. The maximum atomic E-state index is 6.03. The Balaban J connectivity index is 1.46. The van der Waals surface area contributed by atoms with Crippen LogP contribution in [0.4, 0.5) is 5.69 Å². The number of nitrogens with zero attached hydrogens (tertiary/aromatic N) is 1. The summed E-state index contributed by atoms with van der Waals surface area (Å²) < 4.78 is 5.36. The van der Waals surface area contributed by atoms with Gasteiger partial charge in [0.05, 0.1) is 12.6 Å². The van der Waals surface area contributed by atoms with Crippen molar-refractivity contribution >= 4 is 28.2 Å². The van der Waals surface area contributed by atoms with Crippen LogP contribution in [0.15, 0.2) is 54.7 Å². The zero-order chi connectivity index (χ0) is 17.5. The van der Waals surface area contributed by atoms with Gasteiger partial charge in [0.2, 0.25) is 0 Å². The molecule has 0 radical (unpaired) electrons. The van der Waals surface area contributed by atoms with E-state index in [-0.39, 0.29) is 0 Å². The normalized spacial score (nSPS) is 10.8. The van der Waals surface area contributed by atoms with Crippen molar-refractivity contribution in [1.82, 2.24) is 10.3 Å². The van der Waals surface area contributed by atoms with Crippen molar-refractivity contribution in [2.24, 2.45) is 0 Å². The molecule has 1 heterocycles. The van der Waals surface area contributed by atoms with Crippen LogP contribution in [0.5, 0.6) is 5.75 Å². The first-order valence-corrected chi connectivity index (χ1v) is 8.76. The largest absolute Gasteiger partial charge is 0.496 e. The van der Waals surface area contributed by atoms with E-state index < -0.39 is 0 Å².